The van der Waals surface area contributed by atoms with Crippen LogP contribution in [0.2, 0.25) is 0 Å². The van der Waals surface area contributed by atoms with Gasteiger partial charge in [0.1, 0.15) is 5.82 Å². The van der Waals surface area contributed by atoms with E-state index in [4.69, 9.17) is 0 Å². The summed E-state index contributed by atoms with van der Waals surface area (Å²) >= 11 is 0. The van der Waals surface area contributed by atoms with E-state index in [1.54, 1.807) is 18.2 Å². The first kappa shape index (κ1) is 12.3. The number of hydrogen-bond donors (Lipinski definition) is 1. The van der Waals surface area contributed by atoms with Crippen LogP contribution in [0, 0.1) is 5.82 Å². The molecule has 17 heavy (non-hydrogen) atoms. The smallest absolute Gasteiger partial charge is 0.173 e. The maximum Gasteiger partial charge on any atom is 0.173 e. The molecule has 5 heteroatoms. The predicted octanol–water partition coefficient (Wildman–Crippen LogP) is 1.79. The van der Waals surface area contributed by atoms with Crippen molar-refractivity contribution in [2.75, 3.05) is 5.75 Å². The minimum atomic E-state index is -3.03. The van der Waals surface area contributed by atoms with Gasteiger partial charge in [-0.05, 0) is 24.6 Å². The lowest BCUT2D eigenvalue weighted by molar-refractivity contribution is 0.533. The van der Waals surface area contributed by atoms with E-state index >= 15 is 0 Å². The van der Waals surface area contributed by atoms with Gasteiger partial charge in [0.25, 0.3) is 0 Å². The molecule has 0 saturated heterocycles. The first-order valence-electron chi connectivity index (χ1n) is 5.39. The van der Waals surface area contributed by atoms with Gasteiger partial charge in [-0.1, -0.05) is 18.2 Å². The molecule has 0 spiro atoms. The highest BCUT2D eigenvalue weighted by Gasteiger charge is 2.22. The molecule has 0 amide bonds. The Balaban J connectivity index is 2.01. The van der Waals surface area contributed by atoms with Crippen LogP contribution in [0.4, 0.5) is 4.39 Å². The second-order valence-corrected chi connectivity index (χ2v) is 6.14. The lowest BCUT2D eigenvalue weighted by Gasteiger charge is -2.18. The molecule has 1 aromatic carbocycles. The molecule has 1 heterocycles. The first-order chi connectivity index (χ1) is 7.96. The molecule has 0 saturated carbocycles. The average Bonchev–Trinajstić information content (AvgIpc) is 2.59. The van der Waals surface area contributed by atoms with Crippen molar-refractivity contribution in [3.05, 3.63) is 47.1 Å². The van der Waals surface area contributed by atoms with E-state index in [1.165, 1.54) is 17.5 Å². The molecule has 2 rings (SSSR count). The number of rotatable bonds is 3. The fourth-order valence-electron chi connectivity index (χ4n) is 1.85. The topological polar surface area (TPSA) is 46.2 Å². The third-order valence-electron chi connectivity index (χ3n) is 2.76. The van der Waals surface area contributed by atoms with Gasteiger partial charge in [0.05, 0.1) is 5.75 Å². The van der Waals surface area contributed by atoms with Gasteiger partial charge in [-0.3, -0.25) is 0 Å². The van der Waals surface area contributed by atoms with Gasteiger partial charge in [-0.2, -0.15) is 0 Å². The molecule has 3 nitrogen and oxygen atoms in total. The largest absolute Gasteiger partial charge is 0.303 e. The summed E-state index contributed by atoms with van der Waals surface area (Å²) in [6.45, 7) is 1.92. The Labute approximate surface area is 100 Å². The van der Waals surface area contributed by atoms with Gasteiger partial charge in [-0.15, -0.1) is 0 Å². The third kappa shape index (κ3) is 3.14. The van der Waals surface area contributed by atoms with Gasteiger partial charge < -0.3 is 5.32 Å². The van der Waals surface area contributed by atoms with E-state index in [0.29, 0.717) is 0 Å². The summed E-state index contributed by atoms with van der Waals surface area (Å²) in [6.07, 6.45) is 1.65. The van der Waals surface area contributed by atoms with Crippen LogP contribution < -0.4 is 5.32 Å². The number of sulfone groups is 1. The van der Waals surface area contributed by atoms with Gasteiger partial charge >= 0.3 is 0 Å². The molecular weight excluding hydrogens is 241 g/mol. The van der Waals surface area contributed by atoms with Gasteiger partial charge in [-0.25, -0.2) is 12.8 Å². The number of benzene rings is 1. The normalized spacial score (nSPS) is 23.8. The molecule has 1 N–H and O–H groups in total. The van der Waals surface area contributed by atoms with Crippen molar-refractivity contribution in [2.45, 2.75) is 19.0 Å². The zero-order valence-electron chi connectivity index (χ0n) is 9.43. The van der Waals surface area contributed by atoms with Crippen LogP contribution >= 0.6 is 0 Å². The molecule has 0 aromatic heterocycles. The highest BCUT2D eigenvalue weighted by atomic mass is 32.2. The molecule has 0 aliphatic carbocycles. The molecule has 1 aliphatic rings. The lowest BCUT2D eigenvalue weighted by atomic mass is 10.1. The zero-order valence-corrected chi connectivity index (χ0v) is 10.2. The van der Waals surface area contributed by atoms with Crippen molar-refractivity contribution in [3.8, 4) is 0 Å². The minimum absolute atomic E-state index is 0.0152. The van der Waals surface area contributed by atoms with Crippen LogP contribution in [0.25, 0.3) is 0 Å². The van der Waals surface area contributed by atoms with Crippen molar-refractivity contribution in [1.82, 2.24) is 5.32 Å². The summed E-state index contributed by atoms with van der Waals surface area (Å²) in [6, 6.07) is 6.00. The Bertz CT molecular complexity index is 522. The van der Waals surface area contributed by atoms with E-state index < -0.39 is 9.84 Å². The van der Waals surface area contributed by atoms with Crippen molar-refractivity contribution in [1.29, 1.82) is 0 Å². The fraction of sp³-hybridized carbons (Fsp3) is 0.333. The monoisotopic (exact) mass is 255 g/mol. The van der Waals surface area contributed by atoms with Gasteiger partial charge in [0.2, 0.25) is 0 Å². The summed E-state index contributed by atoms with van der Waals surface area (Å²) in [7, 11) is -3.03. The first-order valence-corrected chi connectivity index (χ1v) is 7.10. The molecule has 92 valence electrons. The molecular formula is C12H14FNO2S. The number of halogens is 1. The van der Waals surface area contributed by atoms with Gasteiger partial charge in [0.15, 0.2) is 9.84 Å². The molecule has 0 fully saturated rings. The van der Waals surface area contributed by atoms with Crippen molar-refractivity contribution in [2.24, 2.45) is 0 Å². The van der Waals surface area contributed by atoms with Crippen LogP contribution in [-0.4, -0.2) is 20.2 Å². The van der Waals surface area contributed by atoms with E-state index in [9.17, 15) is 12.8 Å². The average molecular weight is 255 g/mol. The summed E-state index contributed by atoms with van der Waals surface area (Å²) in [5.41, 5.74) is 0.934. The molecule has 0 bridgehead atoms. The molecule has 1 aromatic rings. The number of nitrogens with one attached hydrogen (secondary N) is 1. The van der Waals surface area contributed by atoms with Crippen molar-refractivity contribution < 1.29 is 12.8 Å². The Morgan fingerprint density at radius 3 is 2.53 bits per heavy atom. The Hall–Kier alpha value is -1.20. The summed E-state index contributed by atoms with van der Waals surface area (Å²) in [5.74, 6) is -0.178. The summed E-state index contributed by atoms with van der Waals surface area (Å²) in [4.78, 5) is 0. The van der Waals surface area contributed by atoms with Crippen LogP contribution in [-0.2, 0) is 9.84 Å². The quantitative estimate of drug-likeness (QED) is 0.895. The van der Waals surface area contributed by atoms with Crippen LogP contribution in [0.15, 0.2) is 35.7 Å². The minimum Gasteiger partial charge on any atom is -0.303 e. The molecule has 0 radical (unpaired) electrons. The molecule has 2 atom stereocenters. The molecule has 2 unspecified atom stereocenters. The lowest BCUT2D eigenvalue weighted by Crippen LogP contribution is -2.32. The van der Waals surface area contributed by atoms with Crippen LogP contribution in [0.5, 0.6) is 0 Å². The van der Waals surface area contributed by atoms with E-state index in [1.807, 2.05) is 6.92 Å². The molecule has 1 aliphatic heterocycles. The van der Waals surface area contributed by atoms with E-state index in [-0.39, 0.29) is 23.7 Å². The van der Waals surface area contributed by atoms with E-state index in [2.05, 4.69) is 5.32 Å². The van der Waals surface area contributed by atoms with Crippen molar-refractivity contribution in [3.63, 3.8) is 0 Å². The van der Waals surface area contributed by atoms with Crippen LogP contribution in [0.3, 0.4) is 0 Å². The summed E-state index contributed by atoms with van der Waals surface area (Å²) in [5, 5.41) is 4.42. The SMILES string of the molecule is CC(NC1C=CS(=O)(=O)C1)c1ccc(F)cc1. The maximum atomic E-state index is 12.7. The summed E-state index contributed by atoms with van der Waals surface area (Å²) < 4.78 is 35.2. The predicted molar refractivity (Wildman–Crippen MR) is 64.7 cm³/mol. The van der Waals surface area contributed by atoms with Gasteiger partial charge in [0, 0.05) is 17.5 Å². The fourth-order valence-corrected chi connectivity index (χ4v) is 3.10. The second-order valence-electron chi connectivity index (χ2n) is 4.20. The van der Waals surface area contributed by atoms with Crippen molar-refractivity contribution >= 4 is 9.84 Å². The Morgan fingerprint density at radius 2 is 2.00 bits per heavy atom. The van der Waals surface area contributed by atoms with E-state index in [0.717, 1.165) is 5.56 Å². The Morgan fingerprint density at radius 1 is 1.35 bits per heavy atom. The number of hydrogen-bond acceptors (Lipinski definition) is 3. The highest BCUT2D eigenvalue weighted by Crippen LogP contribution is 2.16. The highest BCUT2D eigenvalue weighted by molar-refractivity contribution is 7.94. The maximum absolute atomic E-state index is 12.7. The van der Waals surface area contributed by atoms with Crippen LogP contribution in [0.1, 0.15) is 18.5 Å². The third-order valence-corrected chi connectivity index (χ3v) is 4.16. The zero-order chi connectivity index (χ0) is 12.5. The second kappa shape index (κ2) is 4.58. The standard InChI is InChI=1S/C12H14FNO2S/c1-9(10-2-4-11(13)5-3-10)14-12-6-7-17(15,16)8-12/h2-7,9,12,14H,8H2,1H3. The Kier molecular flexibility index (Phi) is 3.31.